The number of hydrogen-bond acceptors (Lipinski definition) is 3. The topological polar surface area (TPSA) is 15.3 Å². The minimum Gasteiger partial charge on any atom is -0.317 e. The fourth-order valence-corrected chi connectivity index (χ4v) is 4.67. The standard InChI is InChI=1S/C18H30N2S/c1-18(2)8-6-17(19-3)15(10-18)12-20(16-4-5-16)11-14-7-9-21-13-14/h7,9,13,15-17,19H,4-6,8,10-12H2,1-3H3. The molecule has 0 bridgehead atoms. The lowest BCUT2D eigenvalue weighted by molar-refractivity contribution is 0.0968. The van der Waals surface area contributed by atoms with Crippen LogP contribution in [0.25, 0.3) is 0 Å². The average molecular weight is 307 g/mol. The van der Waals surface area contributed by atoms with Crippen molar-refractivity contribution in [3.8, 4) is 0 Å². The lowest BCUT2D eigenvalue weighted by Gasteiger charge is -2.42. The Balaban J connectivity index is 1.65. The van der Waals surface area contributed by atoms with Crippen LogP contribution in [0.4, 0.5) is 0 Å². The van der Waals surface area contributed by atoms with Crippen LogP contribution in [0.15, 0.2) is 16.8 Å². The van der Waals surface area contributed by atoms with E-state index in [0.29, 0.717) is 11.5 Å². The molecule has 2 nitrogen and oxygen atoms in total. The van der Waals surface area contributed by atoms with Crippen molar-refractivity contribution in [1.82, 2.24) is 10.2 Å². The third-order valence-corrected chi connectivity index (χ3v) is 6.12. The van der Waals surface area contributed by atoms with Crippen LogP contribution in [0.2, 0.25) is 0 Å². The van der Waals surface area contributed by atoms with Gasteiger partial charge in [0.1, 0.15) is 0 Å². The lowest BCUT2D eigenvalue weighted by Crippen LogP contribution is -2.46. The van der Waals surface area contributed by atoms with Gasteiger partial charge in [-0.15, -0.1) is 0 Å². The Bertz CT molecular complexity index is 436. The molecular formula is C18H30N2S. The van der Waals surface area contributed by atoms with Gasteiger partial charge in [0.15, 0.2) is 0 Å². The normalized spacial score (nSPS) is 29.0. The molecule has 2 saturated carbocycles. The molecule has 2 atom stereocenters. The first-order chi connectivity index (χ1) is 10.1. The highest BCUT2D eigenvalue weighted by molar-refractivity contribution is 7.07. The van der Waals surface area contributed by atoms with Gasteiger partial charge in [-0.25, -0.2) is 0 Å². The first-order valence-corrected chi connectivity index (χ1v) is 9.44. The van der Waals surface area contributed by atoms with Crippen LogP contribution < -0.4 is 5.32 Å². The summed E-state index contributed by atoms with van der Waals surface area (Å²) < 4.78 is 0. The minimum atomic E-state index is 0.523. The predicted octanol–water partition coefficient (Wildman–Crippen LogP) is 4.13. The molecule has 1 aromatic heterocycles. The molecular weight excluding hydrogens is 276 g/mol. The lowest BCUT2D eigenvalue weighted by atomic mass is 9.69. The molecule has 2 aliphatic carbocycles. The molecule has 2 fully saturated rings. The molecule has 1 heterocycles. The zero-order chi connectivity index (χ0) is 14.9. The zero-order valence-electron chi connectivity index (χ0n) is 13.8. The Morgan fingerprint density at radius 1 is 1.33 bits per heavy atom. The summed E-state index contributed by atoms with van der Waals surface area (Å²) in [6.45, 7) is 7.33. The van der Waals surface area contributed by atoms with Gasteiger partial charge in [0.25, 0.3) is 0 Å². The Morgan fingerprint density at radius 2 is 2.14 bits per heavy atom. The maximum absolute atomic E-state index is 3.59. The smallest absolute Gasteiger partial charge is 0.0245 e. The van der Waals surface area contributed by atoms with E-state index >= 15 is 0 Å². The molecule has 0 aromatic carbocycles. The zero-order valence-corrected chi connectivity index (χ0v) is 14.6. The van der Waals surface area contributed by atoms with Gasteiger partial charge in [-0.2, -0.15) is 11.3 Å². The summed E-state index contributed by atoms with van der Waals surface area (Å²) in [5, 5.41) is 8.11. The summed E-state index contributed by atoms with van der Waals surface area (Å²) in [5.41, 5.74) is 2.03. The molecule has 3 rings (SSSR count). The number of nitrogens with one attached hydrogen (secondary N) is 1. The molecule has 0 aliphatic heterocycles. The molecule has 0 radical (unpaired) electrons. The van der Waals surface area contributed by atoms with Crippen LogP contribution in [0.5, 0.6) is 0 Å². The number of hydrogen-bond donors (Lipinski definition) is 1. The Hall–Kier alpha value is -0.380. The van der Waals surface area contributed by atoms with E-state index < -0.39 is 0 Å². The van der Waals surface area contributed by atoms with Crippen molar-refractivity contribution in [2.75, 3.05) is 13.6 Å². The van der Waals surface area contributed by atoms with Crippen molar-refractivity contribution in [3.05, 3.63) is 22.4 Å². The highest BCUT2D eigenvalue weighted by atomic mass is 32.1. The van der Waals surface area contributed by atoms with E-state index in [4.69, 9.17) is 0 Å². The SMILES string of the molecule is CNC1CCC(C)(C)CC1CN(Cc1ccsc1)C1CC1. The Kier molecular flexibility index (Phi) is 4.72. The number of thiophene rings is 1. The van der Waals surface area contributed by atoms with Crippen LogP contribution in [0.3, 0.4) is 0 Å². The van der Waals surface area contributed by atoms with Gasteiger partial charge in [-0.1, -0.05) is 13.8 Å². The molecule has 0 spiro atoms. The molecule has 118 valence electrons. The average Bonchev–Trinajstić information content (AvgIpc) is 3.16. The molecule has 21 heavy (non-hydrogen) atoms. The molecule has 1 aromatic rings. The first kappa shape index (κ1) is 15.5. The summed E-state index contributed by atoms with van der Waals surface area (Å²) >= 11 is 1.83. The van der Waals surface area contributed by atoms with Crippen LogP contribution >= 0.6 is 11.3 Å². The maximum atomic E-state index is 3.59. The minimum absolute atomic E-state index is 0.523. The van der Waals surface area contributed by atoms with Crippen molar-refractivity contribution in [2.45, 2.75) is 64.6 Å². The monoisotopic (exact) mass is 306 g/mol. The van der Waals surface area contributed by atoms with Gasteiger partial charge in [0.05, 0.1) is 0 Å². The highest BCUT2D eigenvalue weighted by Gasteiger charge is 2.37. The second-order valence-corrected chi connectivity index (χ2v) is 8.63. The highest BCUT2D eigenvalue weighted by Crippen LogP contribution is 2.40. The molecule has 2 unspecified atom stereocenters. The Morgan fingerprint density at radius 3 is 2.76 bits per heavy atom. The summed E-state index contributed by atoms with van der Waals surface area (Å²) in [7, 11) is 2.15. The quantitative estimate of drug-likeness (QED) is 0.850. The molecule has 3 heteroatoms. The second-order valence-electron chi connectivity index (χ2n) is 7.85. The van der Waals surface area contributed by atoms with Gasteiger partial charge in [-0.05, 0) is 72.9 Å². The largest absolute Gasteiger partial charge is 0.317 e. The second kappa shape index (κ2) is 6.39. The van der Waals surface area contributed by atoms with Crippen LogP contribution in [0.1, 0.15) is 51.5 Å². The molecule has 2 aliphatic rings. The van der Waals surface area contributed by atoms with Crippen molar-refractivity contribution in [2.24, 2.45) is 11.3 Å². The van der Waals surface area contributed by atoms with Gasteiger partial charge >= 0.3 is 0 Å². The number of nitrogens with zero attached hydrogens (tertiary/aromatic N) is 1. The van der Waals surface area contributed by atoms with Gasteiger partial charge in [0, 0.05) is 25.2 Å². The van der Waals surface area contributed by atoms with Crippen molar-refractivity contribution in [1.29, 1.82) is 0 Å². The van der Waals surface area contributed by atoms with Gasteiger partial charge < -0.3 is 5.32 Å². The van der Waals surface area contributed by atoms with Crippen molar-refractivity contribution < 1.29 is 0 Å². The fourth-order valence-electron chi connectivity index (χ4n) is 4.01. The Labute approximate surface area is 133 Å². The maximum Gasteiger partial charge on any atom is 0.0245 e. The fraction of sp³-hybridized carbons (Fsp3) is 0.778. The van der Waals surface area contributed by atoms with E-state index in [1.54, 1.807) is 0 Å². The molecule has 0 amide bonds. The third-order valence-electron chi connectivity index (χ3n) is 5.38. The molecule has 0 saturated heterocycles. The van der Waals surface area contributed by atoms with Gasteiger partial charge in [0.2, 0.25) is 0 Å². The van der Waals surface area contributed by atoms with Crippen LogP contribution in [-0.4, -0.2) is 30.6 Å². The van der Waals surface area contributed by atoms with Crippen LogP contribution in [-0.2, 0) is 6.54 Å². The van der Waals surface area contributed by atoms with Crippen LogP contribution in [0, 0.1) is 11.3 Å². The predicted molar refractivity (Wildman–Crippen MR) is 91.7 cm³/mol. The van der Waals surface area contributed by atoms with Crippen molar-refractivity contribution >= 4 is 11.3 Å². The summed E-state index contributed by atoms with van der Waals surface area (Å²) in [4.78, 5) is 2.76. The van der Waals surface area contributed by atoms with E-state index in [1.807, 2.05) is 11.3 Å². The van der Waals surface area contributed by atoms with E-state index in [-0.39, 0.29) is 0 Å². The van der Waals surface area contributed by atoms with Gasteiger partial charge in [-0.3, -0.25) is 4.90 Å². The van der Waals surface area contributed by atoms with E-state index in [9.17, 15) is 0 Å². The summed E-state index contributed by atoms with van der Waals surface area (Å²) in [5.74, 6) is 0.804. The molecule has 1 N–H and O–H groups in total. The van der Waals surface area contributed by atoms with E-state index in [0.717, 1.165) is 18.5 Å². The van der Waals surface area contributed by atoms with E-state index in [1.165, 1.54) is 44.2 Å². The third kappa shape index (κ3) is 4.08. The summed E-state index contributed by atoms with van der Waals surface area (Å²) in [6, 6.07) is 3.86. The first-order valence-electron chi connectivity index (χ1n) is 8.50. The summed E-state index contributed by atoms with van der Waals surface area (Å²) in [6.07, 6.45) is 6.88. The number of rotatable bonds is 6. The van der Waals surface area contributed by atoms with Crippen molar-refractivity contribution in [3.63, 3.8) is 0 Å². The van der Waals surface area contributed by atoms with E-state index in [2.05, 4.69) is 47.9 Å².